The van der Waals surface area contributed by atoms with Crippen molar-refractivity contribution in [1.29, 1.82) is 0 Å². The molecule has 5 heteroatoms. The lowest BCUT2D eigenvalue weighted by molar-refractivity contribution is 0.544. The lowest BCUT2D eigenvalue weighted by atomic mass is 9.85. The van der Waals surface area contributed by atoms with Crippen LogP contribution in [0.15, 0.2) is 18.2 Å². The lowest BCUT2D eigenvalue weighted by Gasteiger charge is -2.21. The quantitative estimate of drug-likeness (QED) is 0.675. The minimum Gasteiger partial charge on any atom is -0.347 e. The smallest absolute Gasteiger partial charge is 0.213 e. The highest BCUT2D eigenvalue weighted by atomic mass is 32.1. The molecule has 0 aliphatic heterocycles. The molecular formula is C16H18N4S. The summed E-state index contributed by atoms with van der Waals surface area (Å²) >= 11 is 5.08. The average molecular weight is 298 g/mol. The number of nitrogens with one attached hydrogen (secondary N) is 2. The molecule has 1 atom stereocenters. The van der Waals surface area contributed by atoms with Crippen LogP contribution in [0, 0.1) is 11.7 Å². The Bertz CT molecular complexity index is 883. The largest absolute Gasteiger partial charge is 0.347 e. The van der Waals surface area contributed by atoms with E-state index in [-0.39, 0.29) is 0 Å². The van der Waals surface area contributed by atoms with E-state index in [0.717, 1.165) is 25.1 Å². The van der Waals surface area contributed by atoms with Crippen molar-refractivity contribution < 1.29 is 0 Å². The molecule has 4 rings (SSSR count). The third-order valence-electron chi connectivity index (χ3n) is 4.68. The van der Waals surface area contributed by atoms with Crippen LogP contribution in [-0.4, -0.2) is 19.7 Å². The summed E-state index contributed by atoms with van der Waals surface area (Å²) in [5, 5.41) is 7.43. The zero-order valence-electron chi connectivity index (χ0n) is 12.2. The SMILES string of the molecule is Cc1ccc2c(c1)c1c(n2C)CCC(c2nc(=S)[nH][nH]2)C1. The summed E-state index contributed by atoms with van der Waals surface area (Å²) in [4.78, 5) is 4.41. The van der Waals surface area contributed by atoms with Gasteiger partial charge < -0.3 is 4.57 Å². The fraction of sp³-hybridized carbons (Fsp3) is 0.375. The zero-order valence-corrected chi connectivity index (χ0v) is 13.0. The Morgan fingerprint density at radius 1 is 1.33 bits per heavy atom. The van der Waals surface area contributed by atoms with Gasteiger partial charge >= 0.3 is 0 Å². The van der Waals surface area contributed by atoms with E-state index in [2.05, 4.69) is 51.9 Å². The van der Waals surface area contributed by atoms with Crippen molar-refractivity contribution in [3.05, 3.63) is 45.6 Å². The topological polar surface area (TPSA) is 49.4 Å². The van der Waals surface area contributed by atoms with Gasteiger partial charge in [0, 0.05) is 29.6 Å². The molecule has 2 heterocycles. The van der Waals surface area contributed by atoms with E-state index in [1.165, 1.54) is 27.7 Å². The molecule has 0 spiro atoms. The monoisotopic (exact) mass is 298 g/mol. The summed E-state index contributed by atoms with van der Waals surface area (Å²) in [6.45, 7) is 2.16. The van der Waals surface area contributed by atoms with E-state index < -0.39 is 0 Å². The molecule has 4 nitrogen and oxygen atoms in total. The highest BCUT2D eigenvalue weighted by Crippen LogP contribution is 2.37. The van der Waals surface area contributed by atoms with E-state index >= 15 is 0 Å². The van der Waals surface area contributed by atoms with Crippen LogP contribution in [0.25, 0.3) is 10.9 Å². The molecule has 1 aromatic carbocycles. The molecule has 0 radical (unpaired) electrons. The summed E-state index contributed by atoms with van der Waals surface area (Å²) < 4.78 is 2.90. The number of nitrogens with zero attached hydrogens (tertiary/aromatic N) is 2. The van der Waals surface area contributed by atoms with Crippen molar-refractivity contribution in [3.8, 4) is 0 Å². The lowest BCUT2D eigenvalue weighted by Crippen LogP contribution is -2.15. The Morgan fingerprint density at radius 2 is 2.19 bits per heavy atom. The van der Waals surface area contributed by atoms with Crippen LogP contribution >= 0.6 is 12.2 Å². The summed E-state index contributed by atoms with van der Waals surface area (Å²) in [6.07, 6.45) is 3.25. The van der Waals surface area contributed by atoms with Gasteiger partial charge in [0.2, 0.25) is 4.77 Å². The molecule has 108 valence electrons. The molecule has 21 heavy (non-hydrogen) atoms. The minimum absolute atomic E-state index is 0.427. The number of aryl methyl sites for hydroxylation is 2. The van der Waals surface area contributed by atoms with Crippen molar-refractivity contribution >= 4 is 23.1 Å². The number of benzene rings is 1. The number of rotatable bonds is 1. The zero-order chi connectivity index (χ0) is 14.6. The first-order valence-electron chi connectivity index (χ1n) is 7.35. The molecule has 2 N–H and O–H groups in total. The molecule has 0 saturated heterocycles. The van der Waals surface area contributed by atoms with E-state index in [9.17, 15) is 0 Å². The molecule has 1 aliphatic carbocycles. The maximum atomic E-state index is 5.08. The first kappa shape index (κ1) is 12.8. The van der Waals surface area contributed by atoms with Gasteiger partial charge in [0.25, 0.3) is 0 Å². The fourth-order valence-corrected chi connectivity index (χ4v) is 3.75. The Balaban J connectivity index is 1.84. The van der Waals surface area contributed by atoms with Gasteiger partial charge in [0.1, 0.15) is 5.82 Å². The highest BCUT2D eigenvalue weighted by molar-refractivity contribution is 7.71. The van der Waals surface area contributed by atoms with Gasteiger partial charge in [-0.1, -0.05) is 11.6 Å². The van der Waals surface area contributed by atoms with Crippen molar-refractivity contribution in [2.45, 2.75) is 32.1 Å². The Hall–Kier alpha value is -1.88. The second-order valence-corrected chi connectivity index (χ2v) is 6.38. The fourth-order valence-electron chi connectivity index (χ4n) is 3.60. The molecule has 2 aromatic heterocycles. The van der Waals surface area contributed by atoms with Gasteiger partial charge in [-0.15, -0.1) is 0 Å². The molecule has 0 bridgehead atoms. The summed E-state index contributed by atoms with van der Waals surface area (Å²) in [6, 6.07) is 6.74. The Morgan fingerprint density at radius 3 is 2.95 bits per heavy atom. The van der Waals surface area contributed by atoms with Crippen LogP contribution < -0.4 is 0 Å². The van der Waals surface area contributed by atoms with Crippen molar-refractivity contribution in [1.82, 2.24) is 19.7 Å². The Labute approximate surface area is 128 Å². The van der Waals surface area contributed by atoms with E-state index in [1.807, 2.05) is 0 Å². The molecule has 0 fully saturated rings. The molecule has 1 aliphatic rings. The first-order chi connectivity index (χ1) is 10.1. The number of hydrogen-bond acceptors (Lipinski definition) is 2. The van der Waals surface area contributed by atoms with Crippen LogP contribution in [0.2, 0.25) is 0 Å². The van der Waals surface area contributed by atoms with Crippen LogP contribution in [0.3, 0.4) is 0 Å². The van der Waals surface area contributed by atoms with Crippen LogP contribution in [0.1, 0.15) is 35.0 Å². The van der Waals surface area contributed by atoms with Crippen LogP contribution in [0.5, 0.6) is 0 Å². The molecule has 0 saturated carbocycles. The maximum Gasteiger partial charge on any atom is 0.213 e. The third kappa shape index (κ3) is 1.95. The van der Waals surface area contributed by atoms with Gasteiger partial charge in [-0.3, -0.25) is 10.2 Å². The molecule has 0 amide bonds. The van der Waals surface area contributed by atoms with E-state index in [1.54, 1.807) is 0 Å². The van der Waals surface area contributed by atoms with Gasteiger partial charge in [0.05, 0.1) is 0 Å². The molecule has 1 unspecified atom stereocenters. The first-order valence-corrected chi connectivity index (χ1v) is 7.75. The molecule has 3 aromatic rings. The normalized spacial score (nSPS) is 18.1. The van der Waals surface area contributed by atoms with Crippen LogP contribution in [-0.2, 0) is 19.9 Å². The van der Waals surface area contributed by atoms with Gasteiger partial charge in [-0.25, -0.2) is 4.98 Å². The van der Waals surface area contributed by atoms with Crippen molar-refractivity contribution in [3.63, 3.8) is 0 Å². The standard InChI is InChI=1S/C16H18N4S/c1-9-3-5-13-11(7-9)12-8-10(4-6-14(12)20(13)2)15-17-16(21)19-18-15/h3,5,7,10H,4,6,8H2,1-2H3,(H2,17,18,19,21). The predicted molar refractivity (Wildman–Crippen MR) is 86.2 cm³/mol. The molecular weight excluding hydrogens is 280 g/mol. The van der Waals surface area contributed by atoms with E-state index in [4.69, 9.17) is 12.2 Å². The number of H-pyrrole nitrogens is 2. The number of hydrogen-bond donors (Lipinski definition) is 2. The summed E-state index contributed by atoms with van der Waals surface area (Å²) in [5.74, 6) is 1.42. The van der Waals surface area contributed by atoms with Gasteiger partial charge in [-0.2, -0.15) is 0 Å². The van der Waals surface area contributed by atoms with Crippen molar-refractivity contribution in [2.24, 2.45) is 7.05 Å². The van der Waals surface area contributed by atoms with Crippen molar-refractivity contribution in [2.75, 3.05) is 0 Å². The number of aromatic amines is 2. The second-order valence-electron chi connectivity index (χ2n) is 6.00. The van der Waals surface area contributed by atoms with Crippen LogP contribution in [0.4, 0.5) is 0 Å². The number of aromatic nitrogens is 4. The summed E-state index contributed by atoms with van der Waals surface area (Å²) in [5.41, 5.74) is 5.61. The minimum atomic E-state index is 0.427. The maximum absolute atomic E-state index is 5.08. The second kappa shape index (κ2) is 4.56. The highest BCUT2D eigenvalue weighted by Gasteiger charge is 2.26. The third-order valence-corrected chi connectivity index (χ3v) is 4.87. The Kier molecular flexibility index (Phi) is 2.79. The summed E-state index contributed by atoms with van der Waals surface area (Å²) in [7, 11) is 2.18. The average Bonchev–Trinajstić information content (AvgIpc) is 3.02. The predicted octanol–water partition coefficient (Wildman–Crippen LogP) is 3.54. The van der Waals surface area contributed by atoms with Gasteiger partial charge in [0.15, 0.2) is 0 Å². The number of fused-ring (bicyclic) bond motifs is 3. The van der Waals surface area contributed by atoms with E-state index in [0.29, 0.717) is 10.7 Å². The van der Waals surface area contributed by atoms with Gasteiger partial charge in [-0.05, 0) is 56.1 Å².